The van der Waals surface area contributed by atoms with E-state index in [0.29, 0.717) is 0 Å². The lowest BCUT2D eigenvalue weighted by atomic mass is 9.48. The molecule has 4 aliphatic rings. The second-order valence-corrected chi connectivity index (χ2v) is 10.5. The van der Waals surface area contributed by atoms with Gasteiger partial charge in [0.2, 0.25) is 0 Å². The molecule has 0 radical (unpaired) electrons. The van der Waals surface area contributed by atoms with Crippen LogP contribution >= 0.6 is 0 Å². The van der Waals surface area contributed by atoms with Crippen LogP contribution in [0.25, 0.3) is 5.57 Å². The maximum absolute atomic E-state index is 4.95. The number of aromatic nitrogens is 2. The Bertz CT molecular complexity index is 1430. The van der Waals surface area contributed by atoms with Crippen molar-refractivity contribution in [2.45, 2.75) is 44.4 Å². The van der Waals surface area contributed by atoms with Gasteiger partial charge < -0.3 is 19.6 Å². The van der Waals surface area contributed by atoms with Gasteiger partial charge in [-0.2, -0.15) is 0 Å². The first-order valence-electron chi connectivity index (χ1n) is 12.9. The minimum Gasteiger partial charge on any atom is -0.358 e. The smallest absolute Gasteiger partial charge is 0.157 e. The van der Waals surface area contributed by atoms with Gasteiger partial charge in [0, 0.05) is 43.2 Å². The maximum atomic E-state index is 4.95. The van der Waals surface area contributed by atoms with Crippen molar-refractivity contribution >= 4 is 28.5 Å². The summed E-state index contributed by atoms with van der Waals surface area (Å²) in [5.41, 5.74) is 6.72. The number of hydrogen-bond donors (Lipinski definition) is 0. The van der Waals surface area contributed by atoms with E-state index in [-0.39, 0.29) is 23.2 Å². The van der Waals surface area contributed by atoms with Crippen LogP contribution in [0.5, 0.6) is 0 Å². The van der Waals surface area contributed by atoms with Crippen molar-refractivity contribution in [3.05, 3.63) is 91.2 Å². The number of rotatable bonds is 2. The molecule has 7 rings (SSSR count). The first-order chi connectivity index (χ1) is 17.5. The summed E-state index contributed by atoms with van der Waals surface area (Å²) in [4.78, 5) is 19.1. The minimum absolute atomic E-state index is 0.0118. The molecule has 0 bridgehead atoms. The fraction of sp³-hybridized carbons (Fsp3) is 0.333. The van der Waals surface area contributed by atoms with Crippen LogP contribution in [0.15, 0.2) is 80.0 Å². The number of hydrogen-bond acceptors (Lipinski definition) is 6. The standard InChI is InChI=1S/C30H32N6/c1-6-29-20(3)21-12-8-10-14-23(21)36-25-18-31-19-32-26(25)34(5)28(36)30(29,7-2)27-33(4)16-17-35(27)24-15-11-9-13-22(24)29/h8-19,27-28H,3,6-7H2,1-2,4-5H3. The lowest BCUT2D eigenvalue weighted by molar-refractivity contribution is 0.0205. The third kappa shape index (κ3) is 2.16. The Morgan fingerprint density at radius 2 is 1.64 bits per heavy atom. The third-order valence-corrected chi connectivity index (χ3v) is 9.47. The highest BCUT2D eigenvalue weighted by Gasteiger charge is 2.70. The summed E-state index contributed by atoms with van der Waals surface area (Å²) in [6.07, 6.45) is 10.2. The highest BCUT2D eigenvalue weighted by Crippen LogP contribution is 2.70. The van der Waals surface area contributed by atoms with Gasteiger partial charge in [0.25, 0.3) is 0 Å². The largest absolute Gasteiger partial charge is 0.358 e. The second-order valence-electron chi connectivity index (χ2n) is 10.5. The van der Waals surface area contributed by atoms with Gasteiger partial charge in [0.1, 0.15) is 24.3 Å². The van der Waals surface area contributed by atoms with Crippen molar-refractivity contribution in [3.63, 3.8) is 0 Å². The van der Waals surface area contributed by atoms with E-state index in [1.54, 1.807) is 6.33 Å². The molecule has 6 nitrogen and oxygen atoms in total. The summed E-state index contributed by atoms with van der Waals surface area (Å²) in [6, 6.07) is 17.8. The highest BCUT2D eigenvalue weighted by atomic mass is 15.5. The first-order valence-corrected chi connectivity index (χ1v) is 12.9. The van der Waals surface area contributed by atoms with Crippen LogP contribution in [-0.4, -0.2) is 41.3 Å². The van der Waals surface area contributed by atoms with E-state index >= 15 is 0 Å². The van der Waals surface area contributed by atoms with E-state index < -0.39 is 0 Å². The predicted molar refractivity (Wildman–Crippen MR) is 146 cm³/mol. The third-order valence-electron chi connectivity index (χ3n) is 9.47. The molecule has 5 heterocycles. The van der Waals surface area contributed by atoms with Gasteiger partial charge >= 0.3 is 0 Å². The van der Waals surface area contributed by atoms with E-state index in [2.05, 4.69) is 113 Å². The van der Waals surface area contributed by atoms with Crippen LogP contribution in [0.2, 0.25) is 0 Å². The second kappa shape index (κ2) is 7.12. The fourth-order valence-electron chi connectivity index (χ4n) is 8.27. The van der Waals surface area contributed by atoms with Gasteiger partial charge in [0.05, 0.1) is 17.3 Å². The molecule has 36 heavy (non-hydrogen) atoms. The van der Waals surface area contributed by atoms with Crippen molar-refractivity contribution in [1.82, 2.24) is 14.9 Å². The molecule has 182 valence electrons. The normalized spacial score (nSPS) is 29.3. The molecular formula is C30H32N6. The van der Waals surface area contributed by atoms with Crippen LogP contribution in [0.4, 0.5) is 22.9 Å². The Kier molecular flexibility index (Phi) is 4.25. The number of anilines is 4. The Balaban J connectivity index is 1.67. The van der Waals surface area contributed by atoms with Crippen LogP contribution in [0, 0.1) is 5.41 Å². The minimum atomic E-state index is -0.307. The topological polar surface area (TPSA) is 38.7 Å². The zero-order valence-corrected chi connectivity index (χ0v) is 21.4. The average Bonchev–Trinajstić information content (AvgIpc) is 3.43. The molecule has 1 aromatic heterocycles. The summed E-state index contributed by atoms with van der Waals surface area (Å²) >= 11 is 0. The molecule has 0 saturated carbocycles. The van der Waals surface area contributed by atoms with Crippen LogP contribution in [0.3, 0.4) is 0 Å². The average molecular weight is 477 g/mol. The first kappa shape index (κ1) is 21.5. The van der Waals surface area contributed by atoms with Crippen molar-refractivity contribution in [2.24, 2.45) is 5.41 Å². The quantitative estimate of drug-likeness (QED) is 0.471. The monoisotopic (exact) mass is 476 g/mol. The summed E-state index contributed by atoms with van der Waals surface area (Å²) in [6.45, 7) is 9.67. The molecule has 4 unspecified atom stereocenters. The van der Waals surface area contributed by atoms with E-state index in [1.165, 1.54) is 28.1 Å². The lowest BCUT2D eigenvalue weighted by Crippen LogP contribution is -2.72. The summed E-state index contributed by atoms with van der Waals surface area (Å²) in [7, 11) is 4.43. The van der Waals surface area contributed by atoms with Gasteiger partial charge in [-0.15, -0.1) is 0 Å². The van der Waals surface area contributed by atoms with Crippen molar-refractivity contribution in [3.8, 4) is 0 Å². The van der Waals surface area contributed by atoms with Gasteiger partial charge in [-0.25, -0.2) is 9.97 Å². The molecule has 0 aliphatic carbocycles. The molecule has 6 heteroatoms. The molecule has 0 saturated heterocycles. The van der Waals surface area contributed by atoms with Crippen molar-refractivity contribution in [1.29, 1.82) is 0 Å². The highest BCUT2D eigenvalue weighted by molar-refractivity contribution is 5.94. The van der Waals surface area contributed by atoms with E-state index in [4.69, 9.17) is 11.6 Å². The molecule has 0 N–H and O–H groups in total. The van der Waals surface area contributed by atoms with Crippen LogP contribution in [-0.2, 0) is 5.41 Å². The van der Waals surface area contributed by atoms with E-state index in [1.807, 2.05) is 6.20 Å². The van der Waals surface area contributed by atoms with Gasteiger partial charge in [-0.05, 0) is 36.1 Å². The van der Waals surface area contributed by atoms with Gasteiger partial charge in [-0.3, -0.25) is 0 Å². The SMILES string of the molecule is C=C1c2ccccc2N2c3cncnc3N(C)C2C2(CC)C3N(C)C=CN3c3ccccc3C12CC. The van der Waals surface area contributed by atoms with Crippen LogP contribution < -0.4 is 14.7 Å². The van der Waals surface area contributed by atoms with Crippen molar-refractivity contribution in [2.75, 3.05) is 28.8 Å². The molecule has 2 aromatic carbocycles. The lowest BCUT2D eigenvalue weighted by Gasteiger charge is -2.64. The Morgan fingerprint density at radius 3 is 2.42 bits per heavy atom. The molecule has 0 spiro atoms. The maximum Gasteiger partial charge on any atom is 0.157 e. The Morgan fingerprint density at radius 1 is 0.889 bits per heavy atom. The summed E-state index contributed by atoms with van der Waals surface area (Å²) in [5, 5.41) is 0. The Hall–Kier alpha value is -3.80. The zero-order valence-electron chi connectivity index (χ0n) is 21.4. The predicted octanol–water partition coefficient (Wildman–Crippen LogP) is 5.72. The molecule has 0 fully saturated rings. The summed E-state index contributed by atoms with van der Waals surface area (Å²) < 4.78 is 0. The molecule has 4 aliphatic heterocycles. The Labute approximate surface area is 213 Å². The molecule has 4 atom stereocenters. The fourth-order valence-corrected chi connectivity index (χ4v) is 8.27. The summed E-state index contributed by atoms with van der Waals surface area (Å²) in [5.74, 6) is 0.981. The molecule has 3 aromatic rings. The number of fused-ring (bicyclic) bond motifs is 12. The molecular weight excluding hydrogens is 444 g/mol. The van der Waals surface area contributed by atoms with Gasteiger partial charge in [0.15, 0.2) is 5.82 Å². The van der Waals surface area contributed by atoms with Crippen LogP contribution in [0.1, 0.15) is 37.8 Å². The van der Waals surface area contributed by atoms with Gasteiger partial charge in [-0.1, -0.05) is 56.8 Å². The number of nitrogens with zero attached hydrogens (tertiary/aromatic N) is 6. The number of benzene rings is 2. The number of para-hydroxylation sites is 2. The van der Waals surface area contributed by atoms with E-state index in [9.17, 15) is 0 Å². The number of allylic oxidation sites excluding steroid dienone is 1. The van der Waals surface area contributed by atoms with E-state index in [0.717, 1.165) is 24.3 Å². The van der Waals surface area contributed by atoms with Crippen molar-refractivity contribution < 1.29 is 0 Å². The molecule has 0 amide bonds. The zero-order chi connectivity index (χ0) is 24.8.